The second-order valence-corrected chi connectivity index (χ2v) is 8.79. The molecule has 198 valence electrons. The van der Waals surface area contributed by atoms with E-state index in [1.807, 2.05) is 42.5 Å². The zero-order chi connectivity index (χ0) is 26.5. The lowest BCUT2D eigenvalue weighted by Crippen LogP contribution is -2.35. The monoisotopic (exact) mass is 508 g/mol. The quantitative estimate of drug-likeness (QED) is 0.254. The van der Waals surface area contributed by atoms with Crippen LogP contribution in [0.3, 0.4) is 0 Å². The Balaban J connectivity index is 1.53. The van der Waals surface area contributed by atoms with E-state index in [4.69, 9.17) is 19.9 Å². The molecule has 0 radical (unpaired) electrons. The lowest BCUT2D eigenvalue weighted by molar-refractivity contribution is 0.0923. The first-order valence-electron chi connectivity index (χ1n) is 12.3. The van der Waals surface area contributed by atoms with Crippen LogP contribution in [0.25, 0.3) is 0 Å². The molecule has 37 heavy (non-hydrogen) atoms. The minimum atomic E-state index is -0.718. The Bertz CT molecular complexity index is 1090. The summed E-state index contributed by atoms with van der Waals surface area (Å²) in [6, 6.07) is 22.4. The van der Waals surface area contributed by atoms with Crippen LogP contribution >= 0.6 is 0 Å². The van der Waals surface area contributed by atoms with Gasteiger partial charge in [0.25, 0.3) is 5.91 Å². The summed E-state index contributed by atoms with van der Waals surface area (Å²) < 4.78 is 16.4. The van der Waals surface area contributed by atoms with E-state index in [-0.39, 0.29) is 11.3 Å². The second kappa shape index (κ2) is 14.8. The number of hydrogen-bond donors (Lipinski definition) is 3. The van der Waals surface area contributed by atoms with Gasteiger partial charge in [0, 0.05) is 26.7 Å². The smallest absolute Gasteiger partial charge is 0.252 e. The van der Waals surface area contributed by atoms with Crippen LogP contribution in [0.1, 0.15) is 27.9 Å². The van der Waals surface area contributed by atoms with Crippen LogP contribution in [-0.4, -0.2) is 67.1 Å². The maximum absolute atomic E-state index is 11.5. The van der Waals surface area contributed by atoms with Crippen LogP contribution in [0.2, 0.25) is 0 Å². The fraction of sp³-hybridized carbons (Fsp3) is 0.345. The molecule has 1 amide bonds. The first-order chi connectivity index (χ1) is 17.9. The number of aromatic hydroxyl groups is 1. The van der Waals surface area contributed by atoms with Gasteiger partial charge in [-0.3, -0.25) is 9.69 Å². The molecule has 0 spiro atoms. The highest BCUT2D eigenvalue weighted by molar-refractivity contribution is 5.95. The number of phenols is 1. The van der Waals surface area contributed by atoms with Gasteiger partial charge in [0.15, 0.2) is 0 Å². The van der Waals surface area contributed by atoms with Crippen LogP contribution in [0.5, 0.6) is 17.2 Å². The molecular weight excluding hydrogens is 472 g/mol. The molecule has 0 saturated carbocycles. The molecule has 0 aromatic heterocycles. The Morgan fingerprint density at radius 3 is 2.32 bits per heavy atom. The van der Waals surface area contributed by atoms with E-state index in [0.29, 0.717) is 51.6 Å². The molecule has 0 aliphatic heterocycles. The lowest BCUT2D eigenvalue weighted by Gasteiger charge is -2.25. The Kier molecular flexibility index (Phi) is 11.2. The van der Waals surface area contributed by atoms with Crippen molar-refractivity contribution in [1.29, 1.82) is 0 Å². The standard InChI is InChI=1S/C29H36N2O6/c1-35-17-18-37-25-11-8-22(9-12-25)7-10-24(32)21-31(20-23-5-3-2-4-6-23)15-16-36-26-13-14-28(33)27(19-26)29(30)34/h2-6,8-9,11-14,19,24,32-33H,7,10,15-18,20-21H2,1H3,(H2,30,34). The highest BCUT2D eigenvalue weighted by Crippen LogP contribution is 2.22. The molecule has 0 aliphatic rings. The van der Waals surface area contributed by atoms with Crippen molar-refractivity contribution in [3.05, 3.63) is 89.5 Å². The molecule has 3 aromatic carbocycles. The van der Waals surface area contributed by atoms with Crippen molar-refractivity contribution in [2.45, 2.75) is 25.5 Å². The molecule has 3 aromatic rings. The number of aliphatic hydroxyl groups is 1. The molecule has 3 rings (SSSR count). The number of primary amides is 1. The predicted molar refractivity (Wildman–Crippen MR) is 142 cm³/mol. The fourth-order valence-corrected chi connectivity index (χ4v) is 3.89. The molecule has 4 N–H and O–H groups in total. The van der Waals surface area contributed by atoms with Crippen LogP contribution in [-0.2, 0) is 17.7 Å². The third kappa shape index (κ3) is 9.76. The largest absolute Gasteiger partial charge is 0.507 e. The van der Waals surface area contributed by atoms with Crippen molar-refractivity contribution >= 4 is 5.91 Å². The summed E-state index contributed by atoms with van der Waals surface area (Å²) in [7, 11) is 1.64. The summed E-state index contributed by atoms with van der Waals surface area (Å²) in [6.45, 7) is 3.10. The molecule has 0 bridgehead atoms. The van der Waals surface area contributed by atoms with Gasteiger partial charge < -0.3 is 30.2 Å². The Hall–Kier alpha value is -3.59. The van der Waals surface area contributed by atoms with E-state index >= 15 is 0 Å². The van der Waals surface area contributed by atoms with E-state index < -0.39 is 12.0 Å². The average molecular weight is 509 g/mol. The van der Waals surface area contributed by atoms with Gasteiger partial charge in [-0.15, -0.1) is 0 Å². The summed E-state index contributed by atoms with van der Waals surface area (Å²) in [5.41, 5.74) is 7.59. The highest BCUT2D eigenvalue weighted by Gasteiger charge is 2.14. The van der Waals surface area contributed by atoms with Gasteiger partial charge in [-0.2, -0.15) is 0 Å². The normalized spacial score (nSPS) is 11.9. The summed E-state index contributed by atoms with van der Waals surface area (Å²) >= 11 is 0. The molecule has 8 nitrogen and oxygen atoms in total. The lowest BCUT2D eigenvalue weighted by atomic mass is 10.1. The number of nitrogens with zero attached hydrogens (tertiary/aromatic N) is 1. The Morgan fingerprint density at radius 1 is 0.919 bits per heavy atom. The summed E-state index contributed by atoms with van der Waals surface area (Å²) in [5.74, 6) is 0.348. The molecule has 0 fully saturated rings. The summed E-state index contributed by atoms with van der Waals surface area (Å²) in [6.07, 6.45) is 0.852. The Morgan fingerprint density at radius 2 is 1.62 bits per heavy atom. The van der Waals surface area contributed by atoms with E-state index in [1.54, 1.807) is 13.2 Å². The van der Waals surface area contributed by atoms with Gasteiger partial charge in [-0.1, -0.05) is 42.5 Å². The second-order valence-electron chi connectivity index (χ2n) is 8.79. The van der Waals surface area contributed by atoms with Gasteiger partial charge in [-0.05, 0) is 54.3 Å². The summed E-state index contributed by atoms with van der Waals surface area (Å²) in [5, 5.41) is 20.6. The number of ether oxygens (including phenoxy) is 3. The maximum Gasteiger partial charge on any atom is 0.252 e. The van der Waals surface area contributed by atoms with Crippen molar-refractivity contribution in [2.75, 3.05) is 40.0 Å². The highest BCUT2D eigenvalue weighted by atomic mass is 16.5. The van der Waals surface area contributed by atoms with Gasteiger partial charge in [0.05, 0.1) is 18.3 Å². The van der Waals surface area contributed by atoms with Gasteiger partial charge in [0.2, 0.25) is 0 Å². The van der Waals surface area contributed by atoms with Crippen molar-refractivity contribution in [1.82, 2.24) is 4.90 Å². The first-order valence-corrected chi connectivity index (χ1v) is 12.3. The number of carbonyl (C=O) groups is 1. The summed E-state index contributed by atoms with van der Waals surface area (Å²) in [4.78, 5) is 13.6. The number of carbonyl (C=O) groups excluding carboxylic acids is 1. The van der Waals surface area contributed by atoms with E-state index in [1.165, 1.54) is 12.1 Å². The molecule has 8 heteroatoms. The number of amides is 1. The number of nitrogens with two attached hydrogens (primary N) is 1. The minimum Gasteiger partial charge on any atom is -0.507 e. The fourth-order valence-electron chi connectivity index (χ4n) is 3.89. The Labute approximate surface area is 218 Å². The van der Waals surface area contributed by atoms with Crippen molar-refractivity contribution in [3.63, 3.8) is 0 Å². The maximum atomic E-state index is 11.5. The number of benzene rings is 3. The van der Waals surface area contributed by atoms with Gasteiger partial charge in [0.1, 0.15) is 30.5 Å². The van der Waals surface area contributed by atoms with Gasteiger partial charge >= 0.3 is 0 Å². The van der Waals surface area contributed by atoms with Crippen molar-refractivity contribution in [3.8, 4) is 17.2 Å². The van der Waals surface area contributed by atoms with Crippen LogP contribution in [0.4, 0.5) is 0 Å². The first kappa shape index (κ1) is 28.0. The van der Waals surface area contributed by atoms with Crippen molar-refractivity contribution in [2.24, 2.45) is 5.73 Å². The van der Waals surface area contributed by atoms with Crippen LogP contribution < -0.4 is 15.2 Å². The molecule has 0 heterocycles. The molecule has 1 atom stereocenters. The third-order valence-electron chi connectivity index (χ3n) is 5.87. The topological polar surface area (TPSA) is 114 Å². The van der Waals surface area contributed by atoms with Crippen LogP contribution in [0.15, 0.2) is 72.8 Å². The van der Waals surface area contributed by atoms with E-state index in [9.17, 15) is 15.0 Å². The molecular formula is C29H36N2O6. The van der Waals surface area contributed by atoms with Gasteiger partial charge in [-0.25, -0.2) is 0 Å². The number of rotatable bonds is 16. The van der Waals surface area contributed by atoms with Crippen molar-refractivity contribution < 1.29 is 29.2 Å². The predicted octanol–water partition coefficient (Wildman–Crippen LogP) is 3.39. The minimum absolute atomic E-state index is 0.0173. The molecule has 0 saturated heterocycles. The van der Waals surface area contributed by atoms with E-state index in [2.05, 4.69) is 17.0 Å². The molecule has 0 aliphatic carbocycles. The molecule has 1 unspecified atom stereocenters. The zero-order valence-electron chi connectivity index (χ0n) is 21.2. The number of hydrogen-bond acceptors (Lipinski definition) is 7. The number of aliphatic hydroxyl groups excluding tert-OH is 1. The number of methoxy groups -OCH3 is 1. The average Bonchev–Trinajstić information content (AvgIpc) is 2.89. The zero-order valence-corrected chi connectivity index (χ0v) is 21.2. The number of aryl methyl sites for hydroxylation is 1. The SMILES string of the molecule is COCCOc1ccc(CCC(O)CN(CCOc2ccc(O)c(C(N)=O)c2)Cc2ccccc2)cc1. The van der Waals surface area contributed by atoms with Crippen LogP contribution in [0, 0.1) is 0 Å². The van der Waals surface area contributed by atoms with E-state index in [0.717, 1.165) is 23.3 Å². The third-order valence-corrected chi connectivity index (χ3v) is 5.87.